The van der Waals surface area contributed by atoms with Crippen LogP contribution in [-0.4, -0.2) is 33.9 Å². The molecule has 7 heteroatoms. The second-order valence-corrected chi connectivity index (χ2v) is 4.38. The number of aliphatic hydroxyl groups is 1. The highest BCUT2D eigenvalue weighted by atomic mass is 16.5. The van der Waals surface area contributed by atoms with E-state index in [0.717, 1.165) is 0 Å². The van der Waals surface area contributed by atoms with E-state index in [4.69, 9.17) is 21.3 Å². The van der Waals surface area contributed by atoms with Crippen molar-refractivity contribution in [1.82, 2.24) is 9.55 Å². The van der Waals surface area contributed by atoms with E-state index in [0.29, 0.717) is 24.9 Å². The molecule has 0 saturated carbocycles. The number of hydrogen-bond acceptors (Lipinski definition) is 6. The molecule has 104 valence electrons. The van der Waals surface area contributed by atoms with E-state index in [1.165, 1.54) is 4.57 Å². The fourth-order valence-corrected chi connectivity index (χ4v) is 2.05. The van der Waals surface area contributed by atoms with Gasteiger partial charge in [0.25, 0.3) is 0 Å². The lowest BCUT2D eigenvalue weighted by molar-refractivity contribution is -0.0245. The lowest BCUT2D eigenvalue weighted by atomic mass is 10.2. The van der Waals surface area contributed by atoms with Gasteiger partial charge in [0.05, 0.1) is 12.7 Å². The Morgan fingerprint density at radius 2 is 2.37 bits per heavy atom. The van der Waals surface area contributed by atoms with Crippen LogP contribution in [0.4, 0.5) is 5.82 Å². The van der Waals surface area contributed by atoms with Gasteiger partial charge in [0.1, 0.15) is 12.0 Å². The van der Waals surface area contributed by atoms with Crippen molar-refractivity contribution in [3.8, 4) is 0 Å². The Morgan fingerprint density at radius 3 is 3.00 bits per heavy atom. The third kappa shape index (κ3) is 3.01. The maximum Gasteiger partial charge on any atom is 0.351 e. The Balaban J connectivity index is 2.30. The summed E-state index contributed by atoms with van der Waals surface area (Å²) in [5.41, 5.74) is 11.2. The molecule has 0 radical (unpaired) electrons. The first-order valence-corrected chi connectivity index (χ1v) is 6.17. The van der Waals surface area contributed by atoms with Crippen molar-refractivity contribution < 1.29 is 9.84 Å². The van der Waals surface area contributed by atoms with Gasteiger partial charge in [0, 0.05) is 18.3 Å². The van der Waals surface area contributed by atoms with Gasteiger partial charge < -0.3 is 21.3 Å². The van der Waals surface area contributed by atoms with E-state index in [-0.39, 0.29) is 18.5 Å². The molecular weight excluding hydrogens is 248 g/mol. The number of aromatic nitrogens is 2. The second-order valence-electron chi connectivity index (χ2n) is 4.38. The minimum Gasteiger partial charge on any atom is -0.394 e. The Labute approximate surface area is 110 Å². The summed E-state index contributed by atoms with van der Waals surface area (Å²) in [7, 11) is 0. The zero-order valence-corrected chi connectivity index (χ0v) is 10.5. The van der Waals surface area contributed by atoms with Crippen molar-refractivity contribution >= 4 is 11.9 Å². The van der Waals surface area contributed by atoms with Crippen LogP contribution in [0.3, 0.4) is 0 Å². The van der Waals surface area contributed by atoms with Crippen molar-refractivity contribution in [1.29, 1.82) is 0 Å². The molecule has 1 aliphatic heterocycles. The number of nitrogens with two attached hydrogens (primary N) is 2. The minimum absolute atomic E-state index is 0.0480. The van der Waals surface area contributed by atoms with Gasteiger partial charge in [0.15, 0.2) is 0 Å². The number of nitrogen functional groups attached to an aromatic ring is 1. The van der Waals surface area contributed by atoms with Gasteiger partial charge in [0.2, 0.25) is 0 Å². The van der Waals surface area contributed by atoms with Crippen LogP contribution in [0.1, 0.15) is 24.6 Å². The molecule has 1 saturated heterocycles. The zero-order valence-electron chi connectivity index (χ0n) is 10.5. The molecule has 19 heavy (non-hydrogen) atoms. The highest BCUT2D eigenvalue weighted by molar-refractivity contribution is 5.59. The molecule has 0 amide bonds. The van der Waals surface area contributed by atoms with E-state index in [2.05, 4.69) is 4.98 Å². The topological polar surface area (TPSA) is 116 Å². The lowest BCUT2D eigenvalue weighted by Crippen LogP contribution is -2.28. The lowest BCUT2D eigenvalue weighted by Gasteiger charge is -2.15. The molecule has 1 aliphatic rings. The molecule has 1 aromatic heterocycles. The molecule has 0 bridgehead atoms. The number of anilines is 1. The fraction of sp³-hybridized carbons (Fsp3) is 0.500. The largest absolute Gasteiger partial charge is 0.394 e. The van der Waals surface area contributed by atoms with Crippen molar-refractivity contribution in [2.24, 2.45) is 5.73 Å². The average molecular weight is 266 g/mol. The van der Waals surface area contributed by atoms with E-state index >= 15 is 0 Å². The molecule has 2 atom stereocenters. The summed E-state index contributed by atoms with van der Waals surface area (Å²) < 4.78 is 6.97. The predicted octanol–water partition coefficient (Wildman–Crippen LogP) is -0.533. The van der Waals surface area contributed by atoms with Gasteiger partial charge in [-0.15, -0.1) is 0 Å². The summed E-state index contributed by atoms with van der Waals surface area (Å²) in [6.45, 7) is 0.332. The molecule has 1 fully saturated rings. The summed E-state index contributed by atoms with van der Waals surface area (Å²) >= 11 is 0. The van der Waals surface area contributed by atoms with Gasteiger partial charge in [-0.2, -0.15) is 4.98 Å². The van der Waals surface area contributed by atoms with Crippen LogP contribution < -0.4 is 17.2 Å². The molecule has 0 aliphatic carbocycles. The smallest absolute Gasteiger partial charge is 0.351 e. The van der Waals surface area contributed by atoms with Crippen molar-refractivity contribution in [3.63, 3.8) is 0 Å². The van der Waals surface area contributed by atoms with Crippen LogP contribution in [0, 0.1) is 0 Å². The third-order valence-electron chi connectivity index (χ3n) is 3.04. The Bertz CT molecular complexity index is 526. The number of aliphatic hydroxyl groups excluding tert-OH is 1. The van der Waals surface area contributed by atoms with Crippen LogP contribution in [0.25, 0.3) is 6.08 Å². The first-order chi connectivity index (χ1) is 9.15. The summed E-state index contributed by atoms with van der Waals surface area (Å²) in [5, 5.41) is 9.04. The number of ether oxygens (including phenoxy) is 1. The van der Waals surface area contributed by atoms with Gasteiger partial charge in [-0.3, -0.25) is 4.57 Å². The van der Waals surface area contributed by atoms with Crippen LogP contribution in [0.5, 0.6) is 0 Å². The average Bonchev–Trinajstić information content (AvgIpc) is 2.86. The van der Waals surface area contributed by atoms with E-state index in [9.17, 15) is 4.79 Å². The maximum atomic E-state index is 11.8. The van der Waals surface area contributed by atoms with Crippen molar-refractivity contribution in [2.45, 2.75) is 25.2 Å². The summed E-state index contributed by atoms with van der Waals surface area (Å²) in [6, 6.07) is 0. The van der Waals surface area contributed by atoms with Crippen LogP contribution in [0.2, 0.25) is 0 Å². The quantitative estimate of drug-likeness (QED) is 0.674. The van der Waals surface area contributed by atoms with Crippen molar-refractivity contribution in [3.05, 3.63) is 28.3 Å². The van der Waals surface area contributed by atoms with E-state index in [1.54, 1.807) is 18.3 Å². The summed E-state index contributed by atoms with van der Waals surface area (Å²) in [4.78, 5) is 15.6. The number of rotatable bonds is 4. The summed E-state index contributed by atoms with van der Waals surface area (Å²) in [6.07, 6.45) is 5.81. The number of nitrogens with zero attached hydrogens (tertiary/aromatic N) is 2. The SMILES string of the molecule is NC/C=C/c1cn([C@H]2CC[C@@H](CO)O2)c(=O)nc1N. The molecule has 0 aromatic carbocycles. The van der Waals surface area contributed by atoms with Gasteiger partial charge in [-0.25, -0.2) is 4.79 Å². The zero-order chi connectivity index (χ0) is 13.8. The van der Waals surface area contributed by atoms with Crippen LogP contribution >= 0.6 is 0 Å². The van der Waals surface area contributed by atoms with Gasteiger partial charge in [-0.05, 0) is 12.8 Å². The molecule has 0 spiro atoms. The molecule has 2 rings (SSSR count). The van der Waals surface area contributed by atoms with Gasteiger partial charge in [-0.1, -0.05) is 12.2 Å². The number of hydrogen-bond donors (Lipinski definition) is 3. The molecule has 5 N–H and O–H groups in total. The molecular formula is C12H18N4O3. The van der Waals surface area contributed by atoms with Crippen LogP contribution in [-0.2, 0) is 4.74 Å². The molecule has 1 aromatic rings. The first kappa shape index (κ1) is 13.7. The van der Waals surface area contributed by atoms with E-state index in [1.807, 2.05) is 0 Å². The standard InChI is InChI=1S/C12H18N4O3/c13-5-1-2-8-6-16(12(18)15-11(8)14)10-4-3-9(7-17)19-10/h1-2,6,9-10,17H,3-5,7,13H2,(H2,14,15,18)/b2-1+/t9-,10+/m0/s1. The highest BCUT2D eigenvalue weighted by Crippen LogP contribution is 2.27. The highest BCUT2D eigenvalue weighted by Gasteiger charge is 2.27. The van der Waals surface area contributed by atoms with E-state index < -0.39 is 11.9 Å². The fourth-order valence-electron chi connectivity index (χ4n) is 2.05. The van der Waals surface area contributed by atoms with Crippen LogP contribution in [0.15, 0.2) is 17.1 Å². The minimum atomic E-state index is -0.453. The summed E-state index contributed by atoms with van der Waals surface area (Å²) in [5.74, 6) is 0.169. The Hall–Kier alpha value is -1.70. The predicted molar refractivity (Wildman–Crippen MR) is 71.2 cm³/mol. The Morgan fingerprint density at radius 1 is 1.58 bits per heavy atom. The first-order valence-electron chi connectivity index (χ1n) is 6.17. The normalized spacial score (nSPS) is 23.3. The molecule has 7 nitrogen and oxygen atoms in total. The third-order valence-corrected chi connectivity index (χ3v) is 3.04. The maximum absolute atomic E-state index is 11.8. The monoisotopic (exact) mass is 266 g/mol. The van der Waals surface area contributed by atoms with Gasteiger partial charge >= 0.3 is 5.69 Å². The molecule has 0 unspecified atom stereocenters. The second kappa shape index (κ2) is 5.96. The molecule has 2 heterocycles. The Kier molecular flexibility index (Phi) is 4.31. The van der Waals surface area contributed by atoms with Crippen molar-refractivity contribution in [2.75, 3.05) is 18.9 Å².